The Labute approximate surface area is 139 Å². The molecule has 3 rings (SSSR count). The first kappa shape index (κ1) is 16.6. The average Bonchev–Trinajstić information content (AvgIpc) is 2.84. The SMILES string of the molecule is O=C1C(O)C(O)(c2ccccc2)C(C(O)c2ccccc2)N1CO. The Balaban J connectivity index is 2.12. The maximum atomic E-state index is 12.3. The van der Waals surface area contributed by atoms with Crippen molar-refractivity contribution in [1.29, 1.82) is 0 Å². The lowest BCUT2D eigenvalue weighted by molar-refractivity contribution is -0.141. The molecule has 1 amide bonds. The van der Waals surface area contributed by atoms with E-state index in [4.69, 9.17) is 0 Å². The van der Waals surface area contributed by atoms with Gasteiger partial charge >= 0.3 is 0 Å². The van der Waals surface area contributed by atoms with E-state index in [0.29, 0.717) is 11.1 Å². The van der Waals surface area contributed by atoms with Gasteiger partial charge in [0.15, 0.2) is 6.10 Å². The van der Waals surface area contributed by atoms with Crippen LogP contribution in [-0.2, 0) is 10.4 Å². The topological polar surface area (TPSA) is 101 Å². The van der Waals surface area contributed by atoms with Crippen LogP contribution < -0.4 is 0 Å². The van der Waals surface area contributed by atoms with Gasteiger partial charge in [-0.3, -0.25) is 4.79 Å². The van der Waals surface area contributed by atoms with Gasteiger partial charge in [0.2, 0.25) is 0 Å². The van der Waals surface area contributed by atoms with Crippen molar-refractivity contribution in [3.05, 3.63) is 71.8 Å². The van der Waals surface area contributed by atoms with Gasteiger partial charge in [-0.15, -0.1) is 0 Å². The molecule has 126 valence electrons. The van der Waals surface area contributed by atoms with Crippen molar-refractivity contribution in [2.75, 3.05) is 6.73 Å². The Hall–Kier alpha value is -2.25. The second-order valence-electron chi connectivity index (χ2n) is 5.84. The van der Waals surface area contributed by atoms with E-state index in [-0.39, 0.29) is 0 Å². The Kier molecular flexibility index (Phi) is 4.38. The third kappa shape index (κ3) is 2.40. The van der Waals surface area contributed by atoms with Gasteiger partial charge in [-0.2, -0.15) is 0 Å². The first-order valence-corrected chi connectivity index (χ1v) is 7.62. The van der Waals surface area contributed by atoms with Gasteiger partial charge in [-0.25, -0.2) is 0 Å². The van der Waals surface area contributed by atoms with Crippen LogP contribution >= 0.6 is 0 Å². The summed E-state index contributed by atoms with van der Waals surface area (Å²) in [6.45, 7) is -0.723. The molecule has 4 unspecified atom stereocenters. The van der Waals surface area contributed by atoms with Crippen LogP contribution in [0.3, 0.4) is 0 Å². The van der Waals surface area contributed by atoms with E-state index in [1.165, 1.54) is 0 Å². The molecule has 0 aliphatic carbocycles. The van der Waals surface area contributed by atoms with Crippen LogP contribution in [0.1, 0.15) is 17.2 Å². The fourth-order valence-electron chi connectivity index (χ4n) is 3.32. The highest BCUT2D eigenvalue weighted by molar-refractivity contribution is 5.86. The zero-order valence-electron chi connectivity index (χ0n) is 12.9. The predicted octanol–water partition coefficient (Wildman–Crippen LogP) is 0.129. The molecule has 0 aromatic heterocycles. The third-order valence-corrected chi connectivity index (χ3v) is 4.55. The fourth-order valence-corrected chi connectivity index (χ4v) is 3.32. The molecule has 4 atom stereocenters. The lowest BCUT2D eigenvalue weighted by Gasteiger charge is -2.37. The standard InChI is InChI=1S/C18H19NO5/c20-11-19-15(14(21)12-7-3-1-4-8-12)18(24,16(22)17(19)23)13-9-5-2-6-10-13/h1-10,14-16,20-22,24H,11H2. The van der Waals surface area contributed by atoms with Gasteiger partial charge in [0.05, 0.1) is 0 Å². The van der Waals surface area contributed by atoms with E-state index in [0.717, 1.165) is 4.90 Å². The van der Waals surface area contributed by atoms with Gasteiger partial charge < -0.3 is 25.3 Å². The van der Waals surface area contributed by atoms with E-state index < -0.39 is 36.5 Å². The molecule has 24 heavy (non-hydrogen) atoms. The summed E-state index contributed by atoms with van der Waals surface area (Å²) in [5, 5.41) is 41.9. The van der Waals surface area contributed by atoms with Crippen molar-refractivity contribution in [2.45, 2.75) is 23.9 Å². The van der Waals surface area contributed by atoms with Crippen molar-refractivity contribution in [1.82, 2.24) is 4.90 Å². The number of benzene rings is 2. The molecule has 0 spiro atoms. The second kappa shape index (κ2) is 6.33. The summed E-state index contributed by atoms with van der Waals surface area (Å²) >= 11 is 0. The van der Waals surface area contributed by atoms with Crippen LogP contribution in [-0.4, -0.2) is 50.1 Å². The minimum atomic E-state index is -2.05. The minimum absolute atomic E-state index is 0.293. The molecule has 2 aromatic carbocycles. The molecule has 4 N–H and O–H groups in total. The number of rotatable bonds is 4. The number of hydrogen-bond donors (Lipinski definition) is 4. The van der Waals surface area contributed by atoms with Crippen LogP contribution in [0.25, 0.3) is 0 Å². The molecule has 1 aliphatic heterocycles. The van der Waals surface area contributed by atoms with Gasteiger partial charge in [-0.1, -0.05) is 60.7 Å². The first-order chi connectivity index (χ1) is 11.5. The molecular formula is C18H19NO5. The number of likely N-dealkylation sites (tertiary alicyclic amines) is 1. The average molecular weight is 329 g/mol. The molecule has 1 aliphatic rings. The molecular weight excluding hydrogens is 310 g/mol. The van der Waals surface area contributed by atoms with Crippen molar-refractivity contribution in [3.8, 4) is 0 Å². The molecule has 6 heteroatoms. The van der Waals surface area contributed by atoms with Gasteiger partial charge in [0.1, 0.15) is 24.5 Å². The monoisotopic (exact) mass is 329 g/mol. The van der Waals surface area contributed by atoms with Crippen LogP contribution in [0.4, 0.5) is 0 Å². The quantitative estimate of drug-likeness (QED) is 0.639. The third-order valence-electron chi connectivity index (χ3n) is 4.55. The summed E-state index contributed by atoms with van der Waals surface area (Å²) < 4.78 is 0. The smallest absolute Gasteiger partial charge is 0.257 e. The number of amides is 1. The van der Waals surface area contributed by atoms with Crippen molar-refractivity contribution >= 4 is 5.91 Å². The number of carbonyl (C=O) groups excluding carboxylic acids is 1. The molecule has 1 heterocycles. The zero-order valence-corrected chi connectivity index (χ0v) is 12.9. The van der Waals surface area contributed by atoms with Gasteiger partial charge in [0.25, 0.3) is 5.91 Å². The van der Waals surface area contributed by atoms with Crippen molar-refractivity contribution in [2.24, 2.45) is 0 Å². The summed E-state index contributed by atoms with van der Waals surface area (Å²) in [5.74, 6) is -0.830. The molecule has 2 aromatic rings. The van der Waals surface area contributed by atoms with E-state index in [9.17, 15) is 25.2 Å². The maximum Gasteiger partial charge on any atom is 0.257 e. The van der Waals surface area contributed by atoms with Crippen LogP contribution in [0.15, 0.2) is 60.7 Å². The Morgan fingerprint density at radius 1 is 1.04 bits per heavy atom. The Bertz CT molecular complexity index is 708. The van der Waals surface area contributed by atoms with Crippen molar-refractivity contribution < 1.29 is 25.2 Å². The number of aliphatic hydroxyl groups is 4. The first-order valence-electron chi connectivity index (χ1n) is 7.62. The maximum absolute atomic E-state index is 12.3. The van der Waals surface area contributed by atoms with E-state index in [1.54, 1.807) is 60.7 Å². The molecule has 0 saturated carbocycles. The Morgan fingerprint density at radius 2 is 1.58 bits per heavy atom. The molecule has 1 saturated heterocycles. The summed E-state index contributed by atoms with van der Waals surface area (Å²) in [7, 11) is 0. The number of hydrogen-bond acceptors (Lipinski definition) is 5. The van der Waals surface area contributed by atoms with E-state index in [1.807, 2.05) is 0 Å². The second-order valence-corrected chi connectivity index (χ2v) is 5.84. The molecule has 0 radical (unpaired) electrons. The summed E-state index contributed by atoms with van der Waals surface area (Å²) in [5.41, 5.74) is -1.28. The van der Waals surface area contributed by atoms with Crippen molar-refractivity contribution in [3.63, 3.8) is 0 Å². The van der Waals surface area contributed by atoms with E-state index >= 15 is 0 Å². The number of aliphatic hydroxyl groups excluding tert-OH is 3. The van der Waals surface area contributed by atoms with Crippen LogP contribution in [0.5, 0.6) is 0 Å². The van der Waals surface area contributed by atoms with Crippen LogP contribution in [0, 0.1) is 0 Å². The largest absolute Gasteiger partial charge is 0.386 e. The van der Waals surface area contributed by atoms with Gasteiger partial charge in [0, 0.05) is 0 Å². The highest BCUT2D eigenvalue weighted by atomic mass is 16.4. The van der Waals surface area contributed by atoms with Gasteiger partial charge in [-0.05, 0) is 11.1 Å². The summed E-state index contributed by atoms with van der Waals surface area (Å²) in [4.78, 5) is 13.2. The molecule has 1 fully saturated rings. The lowest BCUT2D eigenvalue weighted by atomic mass is 9.80. The summed E-state index contributed by atoms with van der Waals surface area (Å²) in [6, 6.07) is 15.5. The number of carbonyl (C=O) groups is 1. The fraction of sp³-hybridized carbons (Fsp3) is 0.278. The number of nitrogens with zero attached hydrogens (tertiary/aromatic N) is 1. The van der Waals surface area contributed by atoms with E-state index in [2.05, 4.69) is 0 Å². The van der Waals surface area contributed by atoms with Crippen LogP contribution in [0.2, 0.25) is 0 Å². The highest BCUT2D eigenvalue weighted by Gasteiger charge is 2.61. The zero-order chi connectivity index (χ0) is 17.3. The minimum Gasteiger partial charge on any atom is -0.386 e. The molecule has 6 nitrogen and oxygen atoms in total. The Morgan fingerprint density at radius 3 is 2.12 bits per heavy atom. The summed E-state index contributed by atoms with van der Waals surface area (Å²) in [6.07, 6.45) is -3.07. The highest BCUT2D eigenvalue weighted by Crippen LogP contribution is 2.44. The molecule has 0 bridgehead atoms. The lowest BCUT2D eigenvalue weighted by Crippen LogP contribution is -2.50. The normalized spacial score (nSPS) is 28.2. The predicted molar refractivity (Wildman–Crippen MR) is 85.5 cm³/mol.